The lowest BCUT2D eigenvalue weighted by Crippen LogP contribution is -2.23. The predicted octanol–water partition coefficient (Wildman–Crippen LogP) is 6.27. The van der Waals surface area contributed by atoms with Crippen LogP contribution in [0, 0.1) is 28.7 Å². The number of carbonyl (C=O) groups is 2. The van der Waals surface area contributed by atoms with Gasteiger partial charge >= 0.3 is 12.1 Å². The largest absolute Gasteiger partial charge is 0.462 e. The number of nitro benzene ring substituents is 1. The average Bonchev–Trinajstić information content (AvgIpc) is 3.12. The number of rotatable bonds is 8. The molecule has 0 radical (unpaired) electrons. The van der Waals surface area contributed by atoms with Crippen molar-refractivity contribution >= 4 is 34.1 Å². The molecule has 0 saturated carbocycles. The molecule has 1 amide bonds. The Hall–Kier alpha value is -3.86. The van der Waals surface area contributed by atoms with Gasteiger partial charge in [0.05, 0.1) is 17.1 Å². The minimum Gasteiger partial charge on any atom is -0.462 e. The van der Waals surface area contributed by atoms with Crippen LogP contribution >= 0.6 is 11.3 Å². The van der Waals surface area contributed by atoms with Crippen molar-refractivity contribution in [1.29, 1.82) is 0 Å². The number of anilines is 1. The van der Waals surface area contributed by atoms with E-state index in [-0.39, 0.29) is 34.8 Å². The van der Waals surface area contributed by atoms with Gasteiger partial charge in [-0.15, -0.1) is 11.3 Å². The molecule has 0 aliphatic heterocycles. The number of hydrogen-bond acceptors (Lipinski definition) is 7. The third kappa shape index (κ3) is 5.99. The number of benzene rings is 2. The van der Waals surface area contributed by atoms with Gasteiger partial charge in [-0.3, -0.25) is 15.4 Å². The fourth-order valence-electron chi connectivity index (χ4n) is 3.42. The van der Waals surface area contributed by atoms with Crippen molar-refractivity contribution in [3.63, 3.8) is 0 Å². The van der Waals surface area contributed by atoms with Crippen molar-refractivity contribution in [3.8, 4) is 10.4 Å². The van der Waals surface area contributed by atoms with Crippen LogP contribution in [-0.4, -0.2) is 29.7 Å². The highest BCUT2D eigenvalue weighted by atomic mass is 32.1. The molecule has 2 aromatic carbocycles. The first-order valence-corrected chi connectivity index (χ1v) is 11.4. The summed E-state index contributed by atoms with van der Waals surface area (Å²) in [6.07, 6.45) is -1.98. The molecule has 0 aliphatic carbocycles. The highest BCUT2D eigenvalue weighted by Crippen LogP contribution is 2.41. The average molecular weight is 505 g/mol. The number of nitrogens with one attached hydrogen (secondary N) is 1. The van der Waals surface area contributed by atoms with Crippen molar-refractivity contribution in [2.24, 2.45) is 0 Å². The number of nitrogens with zero attached hydrogens (tertiary/aromatic N) is 1. The lowest BCUT2D eigenvalue weighted by molar-refractivity contribution is -0.384. The summed E-state index contributed by atoms with van der Waals surface area (Å²) in [5.74, 6) is -2.15. The summed E-state index contributed by atoms with van der Waals surface area (Å²) in [6, 6.07) is 9.23. The standard InChI is InChI=1S/C24H22F2N2O6S/c1-4-33-23(29)20-14(3)21(15-8-10-16(11-9-15)28(31)32)35-22(20)27-24(30)34-13(2)12-17-18(25)6-5-7-19(17)26/h5-11,13H,4,12H2,1-3H3,(H,27,30). The number of non-ortho nitro benzene ring substituents is 1. The van der Waals surface area contributed by atoms with Crippen LogP contribution in [0.4, 0.5) is 24.3 Å². The summed E-state index contributed by atoms with van der Waals surface area (Å²) >= 11 is 1.07. The SMILES string of the molecule is CCOC(=O)c1c(NC(=O)OC(C)Cc2c(F)cccc2F)sc(-c2ccc([N+](=O)[O-])cc2)c1C. The third-order valence-corrected chi connectivity index (χ3v) is 6.30. The number of ether oxygens (including phenoxy) is 2. The lowest BCUT2D eigenvalue weighted by atomic mass is 10.1. The monoisotopic (exact) mass is 504 g/mol. The molecule has 0 aliphatic rings. The van der Waals surface area contributed by atoms with E-state index in [9.17, 15) is 28.5 Å². The normalized spacial score (nSPS) is 11.6. The number of carbonyl (C=O) groups excluding carboxylic acids is 2. The van der Waals surface area contributed by atoms with Crippen LogP contribution in [-0.2, 0) is 15.9 Å². The van der Waals surface area contributed by atoms with Gasteiger partial charge < -0.3 is 9.47 Å². The van der Waals surface area contributed by atoms with Crippen LogP contribution in [0.2, 0.25) is 0 Å². The molecule has 0 fully saturated rings. The van der Waals surface area contributed by atoms with E-state index < -0.39 is 34.7 Å². The molecular weight excluding hydrogens is 482 g/mol. The molecule has 1 atom stereocenters. The fourth-order valence-corrected chi connectivity index (χ4v) is 4.61. The van der Waals surface area contributed by atoms with E-state index >= 15 is 0 Å². The summed E-state index contributed by atoms with van der Waals surface area (Å²) in [5.41, 5.74) is 0.950. The quantitative estimate of drug-likeness (QED) is 0.220. The Balaban J connectivity index is 1.84. The molecule has 11 heteroatoms. The van der Waals surface area contributed by atoms with E-state index in [2.05, 4.69) is 5.32 Å². The third-order valence-electron chi connectivity index (χ3n) is 5.04. The fraction of sp³-hybridized carbons (Fsp3) is 0.250. The molecule has 0 bridgehead atoms. The second-order valence-corrected chi connectivity index (χ2v) is 8.55. The van der Waals surface area contributed by atoms with Crippen molar-refractivity contribution in [2.75, 3.05) is 11.9 Å². The Bertz CT molecular complexity index is 1240. The van der Waals surface area contributed by atoms with Gasteiger partial charge in [0.25, 0.3) is 5.69 Å². The van der Waals surface area contributed by atoms with Crippen LogP contribution in [0.15, 0.2) is 42.5 Å². The zero-order valence-corrected chi connectivity index (χ0v) is 19.9. The topological polar surface area (TPSA) is 108 Å². The Labute approximate surface area is 203 Å². The molecule has 35 heavy (non-hydrogen) atoms. The molecule has 1 aromatic heterocycles. The molecule has 0 spiro atoms. The molecule has 3 rings (SSSR count). The van der Waals surface area contributed by atoms with Crippen LogP contribution in [0.3, 0.4) is 0 Å². The number of hydrogen-bond donors (Lipinski definition) is 1. The van der Waals surface area contributed by atoms with Gasteiger partial charge in [-0.1, -0.05) is 6.07 Å². The highest BCUT2D eigenvalue weighted by molar-refractivity contribution is 7.20. The number of esters is 1. The summed E-state index contributed by atoms with van der Waals surface area (Å²) in [7, 11) is 0. The zero-order chi connectivity index (χ0) is 25.7. The number of thiophene rings is 1. The number of nitro groups is 1. The van der Waals surface area contributed by atoms with Crippen molar-refractivity contribution in [2.45, 2.75) is 33.3 Å². The van der Waals surface area contributed by atoms with Gasteiger partial charge in [-0.2, -0.15) is 0 Å². The maximum Gasteiger partial charge on any atom is 0.412 e. The molecule has 184 valence electrons. The van der Waals surface area contributed by atoms with Gasteiger partial charge in [0.15, 0.2) is 0 Å². The Morgan fingerprint density at radius 2 is 1.77 bits per heavy atom. The van der Waals surface area contributed by atoms with Gasteiger partial charge in [0.2, 0.25) is 0 Å². The van der Waals surface area contributed by atoms with Crippen LogP contribution in [0.1, 0.15) is 35.3 Å². The lowest BCUT2D eigenvalue weighted by Gasteiger charge is -2.15. The zero-order valence-electron chi connectivity index (χ0n) is 19.1. The number of amides is 1. The highest BCUT2D eigenvalue weighted by Gasteiger charge is 2.26. The molecule has 0 saturated heterocycles. The smallest absolute Gasteiger partial charge is 0.412 e. The van der Waals surface area contributed by atoms with E-state index in [0.717, 1.165) is 23.5 Å². The first kappa shape index (κ1) is 25.8. The van der Waals surface area contributed by atoms with Gasteiger partial charge in [0, 0.05) is 29.0 Å². The summed E-state index contributed by atoms with van der Waals surface area (Å²) in [4.78, 5) is 36.2. The van der Waals surface area contributed by atoms with Crippen LogP contribution in [0.25, 0.3) is 10.4 Å². The number of halogens is 2. The van der Waals surface area contributed by atoms with Crippen molar-refractivity contribution in [3.05, 3.63) is 80.9 Å². The van der Waals surface area contributed by atoms with E-state index in [1.807, 2.05) is 0 Å². The maximum atomic E-state index is 13.9. The van der Waals surface area contributed by atoms with E-state index in [1.54, 1.807) is 26.0 Å². The molecular formula is C24H22F2N2O6S. The van der Waals surface area contributed by atoms with Crippen molar-refractivity contribution < 1.29 is 32.8 Å². The summed E-state index contributed by atoms with van der Waals surface area (Å²) < 4.78 is 38.2. The second kappa shape index (κ2) is 11.0. The first-order chi connectivity index (χ1) is 16.6. The first-order valence-electron chi connectivity index (χ1n) is 10.6. The second-order valence-electron chi connectivity index (χ2n) is 7.53. The minimum atomic E-state index is -0.920. The molecule has 8 nitrogen and oxygen atoms in total. The van der Waals surface area contributed by atoms with Crippen LogP contribution in [0.5, 0.6) is 0 Å². The van der Waals surface area contributed by atoms with E-state index in [1.165, 1.54) is 25.1 Å². The van der Waals surface area contributed by atoms with Crippen LogP contribution < -0.4 is 5.32 Å². The molecule has 3 aromatic rings. The minimum absolute atomic E-state index is 0.0872. The van der Waals surface area contributed by atoms with Crippen molar-refractivity contribution in [1.82, 2.24) is 0 Å². The summed E-state index contributed by atoms with van der Waals surface area (Å²) in [5, 5.41) is 13.6. The van der Waals surface area contributed by atoms with Gasteiger partial charge in [-0.25, -0.2) is 18.4 Å². The Morgan fingerprint density at radius 1 is 1.14 bits per heavy atom. The Morgan fingerprint density at radius 3 is 2.34 bits per heavy atom. The van der Waals surface area contributed by atoms with Gasteiger partial charge in [-0.05, 0) is 56.2 Å². The molecule has 1 heterocycles. The summed E-state index contributed by atoms with van der Waals surface area (Å²) in [6.45, 7) is 4.90. The maximum absolute atomic E-state index is 13.9. The van der Waals surface area contributed by atoms with E-state index in [0.29, 0.717) is 16.0 Å². The molecule has 1 unspecified atom stereocenters. The molecule has 1 N–H and O–H groups in total. The Kier molecular flexibility index (Phi) is 8.13. The van der Waals surface area contributed by atoms with Gasteiger partial charge in [0.1, 0.15) is 22.7 Å². The predicted molar refractivity (Wildman–Crippen MR) is 127 cm³/mol. The van der Waals surface area contributed by atoms with E-state index in [4.69, 9.17) is 9.47 Å².